The van der Waals surface area contributed by atoms with E-state index >= 15 is 0 Å². The van der Waals surface area contributed by atoms with Crippen molar-refractivity contribution in [2.24, 2.45) is 5.92 Å². The van der Waals surface area contributed by atoms with Gasteiger partial charge in [0.25, 0.3) is 0 Å². The summed E-state index contributed by atoms with van der Waals surface area (Å²) in [5.74, 6) is 0.293. The van der Waals surface area contributed by atoms with Crippen LogP contribution in [0.15, 0.2) is 29.8 Å². The molecule has 0 amide bonds. The Labute approximate surface area is 122 Å². The number of aryl methyl sites for hydroxylation is 1. The number of aliphatic hydroxyl groups is 1. The van der Waals surface area contributed by atoms with E-state index in [4.69, 9.17) is 0 Å². The summed E-state index contributed by atoms with van der Waals surface area (Å²) in [6, 6.07) is 5.27. The predicted molar refractivity (Wildman–Crippen MR) is 83.3 cm³/mol. The van der Waals surface area contributed by atoms with Crippen molar-refractivity contribution < 1.29 is 9.50 Å². The summed E-state index contributed by atoms with van der Waals surface area (Å²) in [7, 11) is 0. The molecule has 0 saturated carbocycles. The van der Waals surface area contributed by atoms with E-state index in [1.807, 2.05) is 25.1 Å². The normalized spacial score (nSPS) is 15.2. The maximum absolute atomic E-state index is 13.3. The number of hydrogen-bond donors (Lipinski definition) is 1. The molecule has 1 N–H and O–H groups in total. The molecule has 1 aromatic rings. The van der Waals surface area contributed by atoms with E-state index in [0.717, 1.165) is 31.2 Å². The van der Waals surface area contributed by atoms with Crippen LogP contribution in [0.5, 0.6) is 0 Å². The lowest BCUT2D eigenvalue weighted by atomic mass is 9.89. The molecule has 0 saturated heterocycles. The Morgan fingerprint density at radius 2 is 2.05 bits per heavy atom. The highest BCUT2D eigenvalue weighted by atomic mass is 19.1. The van der Waals surface area contributed by atoms with Gasteiger partial charge in [-0.1, -0.05) is 51.0 Å². The van der Waals surface area contributed by atoms with Crippen molar-refractivity contribution in [3.8, 4) is 0 Å². The van der Waals surface area contributed by atoms with E-state index in [1.54, 1.807) is 6.92 Å². The van der Waals surface area contributed by atoms with Crippen molar-refractivity contribution in [3.63, 3.8) is 0 Å². The van der Waals surface area contributed by atoms with Gasteiger partial charge in [-0.15, -0.1) is 0 Å². The summed E-state index contributed by atoms with van der Waals surface area (Å²) in [6.07, 6.45) is 5.36. The van der Waals surface area contributed by atoms with Crippen molar-refractivity contribution in [3.05, 3.63) is 46.8 Å². The fourth-order valence-electron chi connectivity index (χ4n) is 2.43. The molecular weight excluding hydrogens is 251 g/mol. The molecule has 0 aliphatic carbocycles. The molecular formula is C18H27FO. The zero-order valence-corrected chi connectivity index (χ0v) is 13.1. The lowest BCUT2D eigenvalue weighted by molar-refractivity contribution is 0.217. The largest absolute Gasteiger partial charge is 0.389 e. The monoisotopic (exact) mass is 278 g/mol. The van der Waals surface area contributed by atoms with E-state index in [2.05, 4.69) is 13.8 Å². The highest BCUT2D eigenvalue weighted by Crippen LogP contribution is 2.23. The lowest BCUT2D eigenvalue weighted by Crippen LogP contribution is -2.09. The first-order chi connectivity index (χ1) is 9.47. The summed E-state index contributed by atoms with van der Waals surface area (Å²) in [6.45, 7) is 8.14. The Morgan fingerprint density at radius 3 is 2.60 bits per heavy atom. The first kappa shape index (κ1) is 16.9. The van der Waals surface area contributed by atoms with Crippen LogP contribution in [0, 0.1) is 18.7 Å². The van der Waals surface area contributed by atoms with E-state index in [1.165, 1.54) is 11.6 Å². The van der Waals surface area contributed by atoms with Crippen LogP contribution in [0.3, 0.4) is 0 Å². The summed E-state index contributed by atoms with van der Waals surface area (Å²) in [5.41, 5.74) is 3.05. The third kappa shape index (κ3) is 5.09. The molecule has 20 heavy (non-hydrogen) atoms. The van der Waals surface area contributed by atoms with Crippen LogP contribution in [-0.4, -0.2) is 11.2 Å². The van der Waals surface area contributed by atoms with E-state index in [0.29, 0.717) is 11.5 Å². The second-order valence-electron chi connectivity index (χ2n) is 5.67. The molecule has 2 atom stereocenters. The zero-order chi connectivity index (χ0) is 15.1. The number of allylic oxidation sites excluding steroid dienone is 1. The molecule has 0 spiro atoms. The lowest BCUT2D eigenvalue weighted by Gasteiger charge is -2.18. The minimum atomic E-state index is -0.383. The Balaban J connectivity index is 2.93. The predicted octanol–water partition coefficient (Wildman–Crippen LogP) is 4.81. The molecule has 0 fully saturated rings. The average Bonchev–Trinajstić information content (AvgIpc) is 2.42. The zero-order valence-electron chi connectivity index (χ0n) is 13.1. The van der Waals surface area contributed by atoms with Gasteiger partial charge >= 0.3 is 0 Å². The van der Waals surface area contributed by atoms with Gasteiger partial charge < -0.3 is 5.11 Å². The van der Waals surface area contributed by atoms with Gasteiger partial charge in [-0.05, 0) is 49.3 Å². The third-order valence-electron chi connectivity index (χ3n) is 3.81. The molecule has 0 bridgehead atoms. The van der Waals surface area contributed by atoms with Gasteiger partial charge in [0.05, 0.1) is 6.10 Å². The average molecular weight is 278 g/mol. The first-order valence-corrected chi connectivity index (χ1v) is 7.61. The fourth-order valence-corrected chi connectivity index (χ4v) is 2.43. The molecule has 0 heterocycles. The molecule has 112 valence electrons. The van der Waals surface area contributed by atoms with Crippen molar-refractivity contribution in [1.29, 1.82) is 0 Å². The number of aliphatic hydroxyl groups excluding tert-OH is 1. The van der Waals surface area contributed by atoms with Gasteiger partial charge in [0.2, 0.25) is 0 Å². The summed E-state index contributed by atoms with van der Waals surface area (Å²) in [5, 5.41) is 9.89. The van der Waals surface area contributed by atoms with Gasteiger partial charge in [0.15, 0.2) is 0 Å². The summed E-state index contributed by atoms with van der Waals surface area (Å²) >= 11 is 0. The second kappa shape index (κ2) is 8.21. The van der Waals surface area contributed by atoms with E-state index in [-0.39, 0.29) is 11.9 Å². The molecule has 0 aliphatic rings. The quantitative estimate of drug-likeness (QED) is 0.710. The minimum absolute atomic E-state index is 0.158. The molecule has 1 nitrogen and oxygen atoms in total. The van der Waals surface area contributed by atoms with Gasteiger partial charge in [0, 0.05) is 0 Å². The summed E-state index contributed by atoms with van der Waals surface area (Å²) < 4.78 is 13.3. The van der Waals surface area contributed by atoms with Gasteiger partial charge in [0.1, 0.15) is 5.82 Å². The second-order valence-corrected chi connectivity index (χ2v) is 5.67. The number of benzene rings is 1. The third-order valence-corrected chi connectivity index (χ3v) is 3.81. The van der Waals surface area contributed by atoms with Crippen LogP contribution in [-0.2, 0) is 6.42 Å². The van der Waals surface area contributed by atoms with Crippen LogP contribution in [0.1, 0.15) is 51.2 Å². The molecule has 1 aromatic carbocycles. The van der Waals surface area contributed by atoms with Gasteiger partial charge in [-0.3, -0.25) is 0 Å². The Bertz CT molecular complexity index is 451. The SMILES string of the molecule is CCCC(C)C(=CC(O)CC)Cc1ccc(F)c(C)c1. The Kier molecular flexibility index (Phi) is 6.94. The van der Waals surface area contributed by atoms with Crippen molar-refractivity contribution >= 4 is 0 Å². The Hall–Kier alpha value is -1.15. The minimum Gasteiger partial charge on any atom is -0.389 e. The number of halogens is 1. The van der Waals surface area contributed by atoms with Crippen LogP contribution >= 0.6 is 0 Å². The molecule has 0 aliphatic heterocycles. The van der Waals surface area contributed by atoms with E-state index < -0.39 is 0 Å². The number of hydrogen-bond acceptors (Lipinski definition) is 1. The summed E-state index contributed by atoms with van der Waals surface area (Å²) in [4.78, 5) is 0. The van der Waals surface area contributed by atoms with Crippen LogP contribution in [0.25, 0.3) is 0 Å². The Morgan fingerprint density at radius 1 is 1.35 bits per heavy atom. The van der Waals surface area contributed by atoms with E-state index in [9.17, 15) is 9.50 Å². The number of rotatable bonds is 7. The van der Waals surface area contributed by atoms with Crippen LogP contribution in [0.4, 0.5) is 4.39 Å². The van der Waals surface area contributed by atoms with Crippen molar-refractivity contribution in [1.82, 2.24) is 0 Å². The maximum Gasteiger partial charge on any atom is 0.126 e. The van der Waals surface area contributed by atoms with Crippen molar-refractivity contribution in [2.75, 3.05) is 0 Å². The van der Waals surface area contributed by atoms with Crippen LogP contribution < -0.4 is 0 Å². The van der Waals surface area contributed by atoms with Gasteiger partial charge in [-0.25, -0.2) is 4.39 Å². The molecule has 0 radical (unpaired) electrons. The van der Waals surface area contributed by atoms with Crippen LogP contribution in [0.2, 0.25) is 0 Å². The maximum atomic E-state index is 13.3. The molecule has 1 rings (SSSR count). The highest BCUT2D eigenvalue weighted by molar-refractivity contribution is 5.28. The molecule has 2 heteroatoms. The molecule has 2 unspecified atom stereocenters. The molecule has 0 aromatic heterocycles. The fraction of sp³-hybridized carbons (Fsp3) is 0.556. The smallest absolute Gasteiger partial charge is 0.126 e. The first-order valence-electron chi connectivity index (χ1n) is 7.61. The van der Waals surface area contributed by atoms with Crippen molar-refractivity contribution in [2.45, 2.75) is 59.5 Å². The van der Waals surface area contributed by atoms with Gasteiger partial charge in [-0.2, -0.15) is 0 Å². The standard InChI is InChI=1S/C18H27FO/c1-5-7-13(3)16(12-17(20)6-2)11-15-8-9-18(19)14(4)10-15/h8-10,12-13,17,20H,5-7,11H2,1-4H3. The topological polar surface area (TPSA) is 20.2 Å². The highest BCUT2D eigenvalue weighted by Gasteiger charge is 2.11.